The van der Waals surface area contributed by atoms with Crippen molar-refractivity contribution in [2.45, 2.75) is 18.9 Å². The van der Waals surface area contributed by atoms with Gasteiger partial charge in [-0.15, -0.1) is 0 Å². The summed E-state index contributed by atoms with van der Waals surface area (Å²) in [7, 11) is 1.87. The second kappa shape index (κ2) is 6.86. The van der Waals surface area contributed by atoms with Crippen LogP contribution in [0, 0.1) is 0 Å². The fourth-order valence-corrected chi connectivity index (χ4v) is 2.00. The molecule has 1 unspecified atom stereocenters. The fraction of sp³-hybridized carbons (Fsp3) is 0.333. The van der Waals surface area contributed by atoms with E-state index < -0.39 is 6.04 Å². The second-order valence-electron chi connectivity index (χ2n) is 4.82. The first-order valence-corrected chi connectivity index (χ1v) is 6.71. The highest BCUT2D eigenvalue weighted by atomic mass is 16.2. The average Bonchev–Trinajstić information content (AvgIpc) is 2.85. The first-order chi connectivity index (χ1) is 9.65. The normalized spacial score (nSPS) is 12.1. The number of amides is 1. The van der Waals surface area contributed by atoms with Crippen molar-refractivity contribution in [1.82, 2.24) is 15.1 Å². The van der Waals surface area contributed by atoms with Gasteiger partial charge in [0.1, 0.15) is 0 Å². The molecule has 0 aliphatic carbocycles. The quantitative estimate of drug-likeness (QED) is 0.811. The predicted molar refractivity (Wildman–Crippen MR) is 78.0 cm³/mol. The number of carbonyl (C=O) groups is 1. The van der Waals surface area contributed by atoms with Crippen molar-refractivity contribution in [3.05, 3.63) is 53.9 Å². The minimum atomic E-state index is -0.513. The predicted octanol–water partition coefficient (Wildman–Crippen LogP) is 0.649. The van der Waals surface area contributed by atoms with Gasteiger partial charge in [0, 0.05) is 26.2 Å². The molecule has 1 amide bonds. The third kappa shape index (κ3) is 4.20. The van der Waals surface area contributed by atoms with E-state index in [0.29, 0.717) is 19.4 Å². The standard InChI is InChI=1S/C15H20N4O/c1-19-10-8-13(18-19)7-9-17-15(20)14(16)11-12-5-3-2-4-6-12/h2-6,8,10,14H,7,9,11,16H2,1H3,(H,17,20). The monoisotopic (exact) mass is 272 g/mol. The molecule has 0 aliphatic heterocycles. The van der Waals surface area contributed by atoms with Crippen LogP contribution in [0.15, 0.2) is 42.6 Å². The SMILES string of the molecule is Cn1ccc(CCNC(=O)C(N)Cc2ccccc2)n1. The summed E-state index contributed by atoms with van der Waals surface area (Å²) in [6, 6.07) is 11.2. The Morgan fingerprint density at radius 1 is 1.35 bits per heavy atom. The Morgan fingerprint density at radius 3 is 2.75 bits per heavy atom. The van der Waals surface area contributed by atoms with E-state index >= 15 is 0 Å². The van der Waals surface area contributed by atoms with Gasteiger partial charge < -0.3 is 11.1 Å². The lowest BCUT2D eigenvalue weighted by Crippen LogP contribution is -2.42. The maximum atomic E-state index is 11.9. The summed E-state index contributed by atoms with van der Waals surface area (Å²) >= 11 is 0. The minimum Gasteiger partial charge on any atom is -0.354 e. The summed E-state index contributed by atoms with van der Waals surface area (Å²) in [6.07, 6.45) is 3.15. The molecular weight excluding hydrogens is 252 g/mol. The summed E-state index contributed by atoms with van der Waals surface area (Å²) in [6.45, 7) is 0.554. The minimum absolute atomic E-state index is 0.121. The largest absolute Gasteiger partial charge is 0.354 e. The molecule has 0 aliphatic rings. The summed E-state index contributed by atoms with van der Waals surface area (Å²) < 4.78 is 1.75. The Kier molecular flexibility index (Phi) is 4.90. The van der Waals surface area contributed by atoms with Crippen LogP contribution in [0.3, 0.4) is 0 Å². The number of nitrogens with zero attached hydrogens (tertiary/aromatic N) is 2. The molecule has 20 heavy (non-hydrogen) atoms. The van der Waals surface area contributed by atoms with Gasteiger partial charge in [0.2, 0.25) is 5.91 Å². The zero-order valence-corrected chi connectivity index (χ0v) is 11.6. The van der Waals surface area contributed by atoms with Crippen LogP contribution in [0.5, 0.6) is 0 Å². The molecule has 2 rings (SSSR count). The van der Waals surface area contributed by atoms with Gasteiger partial charge in [-0.3, -0.25) is 9.48 Å². The molecule has 1 aromatic carbocycles. The van der Waals surface area contributed by atoms with Crippen molar-refractivity contribution in [3.63, 3.8) is 0 Å². The van der Waals surface area contributed by atoms with Crippen molar-refractivity contribution in [3.8, 4) is 0 Å². The van der Waals surface area contributed by atoms with Gasteiger partial charge in [-0.05, 0) is 18.1 Å². The lowest BCUT2D eigenvalue weighted by Gasteiger charge is -2.11. The van der Waals surface area contributed by atoms with E-state index in [9.17, 15) is 4.79 Å². The van der Waals surface area contributed by atoms with Crippen molar-refractivity contribution < 1.29 is 4.79 Å². The number of nitrogens with two attached hydrogens (primary N) is 1. The highest BCUT2D eigenvalue weighted by molar-refractivity contribution is 5.81. The molecule has 0 spiro atoms. The molecule has 0 bridgehead atoms. The van der Waals surface area contributed by atoms with Crippen LogP contribution in [0.2, 0.25) is 0 Å². The molecule has 2 aromatic rings. The van der Waals surface area contributed by atoms with Crippen molar-refractivity contribution in [1.29, 1.82) is 0 Å². The van der Waals surface area contributed by atoms with Crippen LogP contribution >= 0.6 is 0 Å². The van der Waals surface area contributed by atoms with E-state index in [4.69, 9.17) is 5.73 Å². The maximum Gasteiger partial charge on any atom is 0.237 e. The van der Waals surface area contributed by atoms with E-state index in [0.717, 1.165) is 11.3 Å². The molecule has 5 heteroatoms. The molecule has 1 atom stereocenters. The topological polar surface area (TPSA) is 72.9 Å². The summed E-state index contributed by atoms with van der Waals surface area (Å²) in [5.41, 5.74) is 7.93. The zero-order valence-electron chi connectivity index (χ0n) is 11.6. The fourth-order valence-electron chi connectivity index (χ4n) is 2.00. The zero-order chi connectivity index (χ0) is 14.4. The first kappa shape index (κ1) is 14.3. The van der Waals surface area contributed by atoms with E-state index in [1.165, 1.54) is 0 Å². The maximum absolute atomic E-state index is 11.9. The number of benzene rings is 1. The third-order valence-corrected chi connectivity index (χ3v) is 3.08. The molecule has 1 aromatic heterocycles. The number of nitrogens with one attached hydrogen (secondary N) is 1. The molecule has 0 saturated heterocycles. The molecule has 106 valence electrons. The van der Waals surface area contributed by atoms with Crippen LogP contribution in [0.25, 0.3) is 0 Å². The third-order valence-electron chi connectivity index (χ3n) is 3.08. The summed E-state index contributed by atoms with van der Waals surface area (Å²) in [4.78, 5) is 11.9. The van der Waals surface area contributed by atoms with E-state index in [1.54, 1.807) is 4.68 Å². The van der Waals surface area contributed by atoms with Crippen LogP contribution < -0.4 is 11.1 Å². The Morgan fingerprint density at radius 2 is 2.10 bits per heavy atom. The number of hydrogen-bond acceptors (Lipinski definition) is 3. The van der Waals surface area contributed by atoms with E-state index in [-0.39, 0.29) is 5.91 Å². The molecular formula is C15H20N4O. The van der Waals surface area contributed by atoms with Gasteiger partial charge in [-0.1, -0.05) is 30.3 Å². The number of carbonyl (C=O) groups excluding carboxylic acids is 1. The lowest BCUT2D eigenvalue weighted by atomic mass is 10.1. The first-order valence-electron chi connectivity index (χ1n) is 6.71. The van der Waals surface area contributed by atoms with Gasteiger partial charge in [-0.2, -0.15) is 5.10 Å². The van der Waals surface area contributed by atoms with Crippen LogP contribution in [-0.4, -0.2) is 28.3 Å². The number of aromatic nitrogens is 2. The Balaban J connectivity index is 1.74. The van der Waals surface area contributed by atoms with Crippen LogP contribution in [-0.2, 0) is 24.7 Å². The summed E-state index contributed by atoms with van der Waals surface area (Å²) in [5.74, 6) is -0.121. The highest BCUT2D eigenvalue weighted by Gasteiger charge is 2.13. The van der Waals surface area contributed by atoms with Crippen LogP contribution in [0.4, 0.5) is 0 Å². The van der Waals surface area contributed by atoms with Gasteiger partial charge >= 0.3 is 0 Å². The van der Waals surface area contributed by atoms with Crippen molar-refractivity contribution in [2.24, 2.45) is 12.8 Å². The second-order valence-corrected chi connectivity index (χ2v) is 4.82. The van der Waals surface area contributed by atoms with Gasteiger partial charge in [0.15, 0.2) is 0 Å². The van der Waals surface area contributed by atoms with E-state index in [2.05, 4.69) is 10.4 Å². The molecule has 5 nitrogen and oxygen atoms in total. The van der Waals surface area contributed by atoms with Crippen LogP contribution in [0.1, 0.15) is 11.3 Å². The Labute approximate surface area is 118 Å². The Hall–Kier alpha value is -2.14. The molecule has 0 radical (unpaired) electrons. The van der Waals surface area contributed by atoms with Gasteiger partial charge in [-0.25, -0.2) is 0 Å². The van der Waals surface area contributed by atoms with Crippen molar-refractivity contribution in [2.75, 3.05) is 6.54 Å². The lowest BCUT2D eigenvalue weighted by molar-refractivity contribution is -0.122. The van der Waals surface area contributed by atoms with E-state index in [1.807, 2.05) is 49.6 Å². The number of aryl methyl sites for hydroxylation is 1. The van der Waals surface area contributed by atoms with Crippen molar-refractivity contribution >= 4 is 5.91 Å². The highest BCUT2D eigenvalue weighted by Crippen LogP contribution is 2.02. The molecule has 1 heterocycles. The Bertz CT molecular complexity index is 550. The van der Waals surface area contributed by atoms with Gasteiger partial charge in [0.25, 0.3) is 0 Å². The molecule has 3 N–H and O–H groups in total. The number of hydrogen-bond donors (Lipinski definition) is 2. The molecule has 0 saturated carbocycles. The summed E-state index contributed by atoms with van der Waals surface area (Å²) in [5, 5.41) is 7.10. The molecule has 0 fully saturated rings. The smallest absolute Gasteiger partial charge is 0.237 e. The van der Waals surface area contributed by atoms with Gasteiger partial charge in [0.05, 0.1) is 11.7 Å². The number of rotatable bonds is 6. The average molecular weight is 272 g/mol.